The van der Waals surface area contributed by atoms with Crippen LogP contribution in [0.15, 0.2) is 30.5 Å². The molecule has 92 valence electrons. The normalized spacial score (nSPS) is 11.3. The zero-order valence-corrected chi connectivity index (χ0v) is 11.8. The molecule has 5 heteroatoms. The second-order valence-electron chi connectivity index (χ2n) is 4.26. The Morgan fingerprint density at radius 1 is 1.28 bits per heavy atom. The summed E-state index contributed by atoms with van der Waals surface area (Å²) in [4.78, 5) is 0. The molecule has 3 rings (SSSR count). The van der Waals surface area contributed by atoms with Crippen molar-refractivity contribution in [1.29, 1.82) is 0 Å². The molecule has 18 heavy (non-hydrogen) atoms. The number of aryl methyl sites for hydroxylation is 2. The van der Waals surface area contributed by atoms with Crippen LogP contribution in [0.25, 0.3) is 16.7 Å². The summed E-state index contributed by atoms with van der Waals surface area (Å²) in [6, 6.07) is 8.18. The lowest BCUT2D eigenvalue weighted by molar-refractivity contribution is 0.701. The van der Waals surface area contributed by atoms with Gasteiger partial charge in [-0.25, -0.2) is 4.68 Å². The molecule has 0 aliphatic rings. The third-order valence-corrected chi connectivity index (χ3v) is 3.69. The molecular weight excluding hydrogens is 292 g/mol. The van der Waals surface area contributed by atoms with Crippen LogP contribution in [0.3, 0.4) is 0 Å². The molecule has 4 nitrogen and oxygen atoms in total. The van der Waals surface area contributed by atoms with E-state index in [1.165, 1.54) is 5.56 Å². The van der Waals surface area contributed by atoms with Crippen LogP contribution in [-0.2, 0) is 12.4 Å². The van der Waals surface area contributed by atoms with Gasteiger partial charge < -0.3 is 0 Å². The zero-order chi connectivity index (χ0) is 12.7. The zero-order valence-electron chi connectivity index (χ0n) is 10.3. The monoisotopic (exact) mass is 304 g/mol. The van der Waals surface area contributed by atoms with Gasteiger partial charge in [0.25, 0.3) is 0 Å². The lowest BCUT2D eigenvalue weighted by Gasteiger charge is -2.06. The van der Waals surface area contributed by atoms with Crippen LogP contribution in [0.2, 0.25) is 0 Å². The van der Waals surface area contributed by atoms with Gasteiger partial charge in [-0.3, -0.25) is 4.68 Å². The standard InChI is InChI=1S/C13H13BrN4/c1-9-11(7-14)13(17(2)16-9)18-12-6-4-3-5-10(12)8-15-18/h3-6,8H,7H2,1-2H3. The highest BCUT2D eigenvalue weighted by Gasteiger charge is 2.16. The molecule has 0 spiro atoms. The molecule has 0 bridgehead atoms. The van der Waals surface area contributed by atoms with Crippen molar-refractivity contribution in [1.82, 2.24) is 19.6 Å². The second kappa shape index (κ2) is 4.24. The van der Waals surface area contributed by atoms with Crippen molar-refractivity contribution in [2.24, 2.45) is 7.05 Å². The van der Waals surface area contributed by atoms with Crippen molar-refractivity contribution in [2.45, 2.75) is 12.3 Å². The first-order chi connectivity index (χ1) is 8.72. The maximum absolute atomic E-state index is 4.48. The van der Waals surface area contributed by atoms with E-state index in [1.807, 2.05) is 41.7 Å². The lowest BCUT2D eigenvalue weighted by atomic mass is 10.2. The Labute approximate surface area is 113 Å². The van der Waals surface area contributed by atoms with Gasteiger partial charge >= 0.3 is 0 Å². The third-order valence-electron chi connectivity index (χ3n) is 3.12. The Balaban J connectivity index is 2.33. The average molecular weight is 305 g/mol. The molecule has 0 saturated carbocycles. The number of benzene rings is 1. The summed E-state index contributed by atoms with van der Waals surface area (Å²) in [6.07, 6.45) is 1.88. The third kappa shape index (κ3) is 1.58. The molecule has 0 aliphatic heterocycles. The summed E-state index contributed by atoms with van der Waals surface area (Å²) in [5.74, 6) is 1.02. The smallest absolute Gasteiger partial charge is 0.156 e. The first-order valence-electron chi connectivity index (χ1n) is 5.74. The number of nitrogens with zero attached hydrogens (tertiary/aromatic N) is 4. The predicted molar refractivity (Wildman–Crippen MR) is 75.2 cm³/mol. The fraction of sp³-hybridized carbons (Fsp3) is 0.231. The van der Waals surface area contributed by atoms with Crippen molar-refractivity contribution in [3.63, 3.8) is 0 Å². The Kier molecular flexibility index (Phi) is 2.70. The molecule has 1 aromatic carbocycles. The van der Waals surface area contributed by atoms with Crippen LogP contribution in [-0.4, -0.2) is 19.6 Å². The van der Waals surface area contributed by atoms with Crippen LogP contribution < -0.4 is 0 Å². The van der Waals surface area contributed by atoms with Crippen molar-refractivity contribution < 1.29 is 0 Å². The maximum atomic E-state index is 4.48. The number of aromatic nitrogens is 4. The van der Waals surface area contributed by atoms with Gasteiger partial charge in [-0.2, -0.15) is 10.2 Å². The largest absolute Gasteiger partial charge is 0.250 e. The minimum absolute atomic E-state index is 0.774. The Hall–Kier alpha value is -1.62. The molecule has 2 aromatic heterocycles. The molecular formula is C13H13BrN4. The SMILES string of the molecule is Cc1nn(C)c(-n2ncc3ccccc32)c1CBr. The highest BCUT2D eigenvalue weighted by atomic mass is 79.9. The predicted octanol–water partition coefficient (Wildman–Crippen LogP) is 2.96. The first-order valence-corrected chi connectivity index (χ1v) is 6.86. The summed E-state index contributed by atoms with van der Waals surface area (Å²) in [7, 11) is 1.95. The average Bonchev–Trinajstić information content (AvgIpc) is 2.89. The summed E-state index contributed by atoms with van der Waals surface area (Å²) in [5.41, 5.74) is 3.30. The topological polar surface area (TPSA) is 35.6 Å². The molecule has 0 aliphatic carbocycles. The fourth-order valence-corrected chi connectivity index (χ4v) is 2.91. The Bertz CT molecular complexity index is 711. The molecule has 0 radical (unpaired) electrons. The van der Waals surface area contributed by atoms with E-state index >= 15 is 0 Å². The van der Waals surface area contributed by atoms with E-state index in [-0.39, 0.29) is 0 Å². The molecule has 2 heterocycles. The van der Waals surface area contributed by atoms with Crippen molar-refractivity contribution >= 4 is 26.8 Å². The van der Waals surface area contributed by atoms with Gasteiger partial charge in [0.2, 0.25) is 0 Å². The van der Waals surface area contributed by atoms with E-state index in [1.54, 1.807) is 0 Å². The molecule has 0 amide bonds. The van der Waals surface area contributed by atoms with Gasteiger partial charge in [-0.15, -0.1) is 0 Å². The van der Waals surface area contributed by atoms with Gasteiger partial charge in [-0.1, -0.05) is 34.1 Å². The lowest BCUT2D eigenvalue weighted by Crippen LogP contribution is -2.06. The van der Waals surface area contributed by atoms with E-state index in [4.69, 9.17) is 0 Å². The Morgan fingerprint density at radius 2 is 2.06 bits per heavy atom. The van der Waals surface area contributed by atoms with Crippen LogP contribution in [0.4, 0.5) is 0 Å². The maximum Gasteiger partial charge on any atom is 0.156 e. The van der Waals surface area contributed by atoms with Gasteiger partial charge in [0.05, 0.1) is 17.4 Å². The van der Waals surface area contributed by atoms with Crippen molar-refractivity contribution in [3.8, 4) is 5.82 Å². The quantitative estimate of drug-likeness (QED) is 0.682. The Morgan fingerprint density at radius 3 is 2.83 bits per heavy atom. The highest BCUT2D eigenvalue weighted by molar-refractivity contribution is 9.08. The van der Waals surface area contributed by atoms with Crippen LogP contribution >= 0.6 is 15.9 Å². The van der Waals surface area contributed by atoms with Crippen LogP contribution in [0.5, 0.6) is 0 Å². The first kappa shape index (κ1) is 11.5. The molecule has 0 saturated heterocycles. The second-order valence-corrected chi connectivity index (χ2v) is 4.82. The van der Waals surface area contributed by atoms with E-state index in [0.717, 1.165) is 27.7 Å². The molecule has 0 unspecified atom stereocenters. The fourth-order valence-electron chi connectivity index (χ4n) is 2.25. The number of rotatable bonds is 2. The van der Waals surface area contributed by atoms with Crippen LogP contribution in [0, 0.1) is 6.92 Å². The highest BCUT2D eigenvalue weighted by Crippen LogP contribution is 2.24. The number of alkyl halides is 1. The summed E-state index contributed by atoms with van der Waals surface area (Å²) < 4.78 is 3.83. The van der Waals surface area contributed by atoms with Crippen LogP contribution in [0.1, 0.15) is 11.3 Å². The minimum atomic E-state index is 0.774. The summed E-state index contributed by atoms with van der Waals surface area (Å²) >= 11 is 3.53. The van der Waals surface area contributed by atoms with Gasteiger partial charge in [0.15, 0.2) is 5.82 Å². The number of fused-ring (bicyclic) bond motifs is 1. The summed E-state index contributed by atoms with van der Waals surface area (Å²) in [6.45, 7) is 2.02. The van der Waals surface area contributed by atoms with E-state index < -0.39 is 0 Å². The van der Waals surface area contributed by atoms with E-state index in [2.05, 4.69) is 38.3 Å². The van der Waals surface area contributed by atoms with E-state index in [0.29, 0.717) is 0 Å². The summed E-state index contributed by atoms with van der Waals surface area (Å²) in [5, 5.41) is 10.9. The van der Waals surface area contributed by atoms with Gasteiger partial charge in [0.1, 0.15) is 0 Å². The number of para-hydroxylation sites is 1. The molecule has 0 fully saturated rings. The minimum Gasteiger partial charge on any atom is -0.250 e. The van der Waals surface area contributed by atoms with Gasteiger partial charge in [0, 0.05) is 23.3 Å². The van der Waals surface area contributed by atoms with E-state index in [9.17, 15) is 0 Å². The van der Waals surface area contributed by atoms with Gasteiger partial charge in [-0.05, 0) is 13.0 Å². The van der Waals surface area contributed by atoms with Crippen molar-refractivity contribution in [2.75, 3.05) is 0 Å². The molecule has 3 aromatic rings. The molecule has 0 N–H and O–H groups in total. The van der Waals surface area contributed by atoms with Crippen molar-refractivity contribution in [3.05, 3.63) is 41.7 Å². The number of hydrogen-bond acceptors (Lipinski definition) is 2. The number of halogens is 1. The molecule has 0 atom stereocenters. The number of hydrogen-bond donors (Lipinski definition) is 0.